The second kappa shape index (κ2) is 5.30. The number of hydrogen-bond acceptors (Lipinski definition) is 2. The zero-order valence-electron chi connectivity index (χ0n) is 9.76. The Bertz CT molecular complexity index is 490. The van der Waals surface area contributed by atoms with Crippen molar-refractivity contribution in [1.82, 2.24) is 14.9 Å². The molecule has 0 aliphatic heterocycles. The van der Waals surface area contributed by atoms with E-state index >= 15 is 0 Å². The normalized spacial score (nSPS) is 10.2. The third-order valence-electron chi connectivity index (χ3n) is 2.52. The fraction of sp³-hybridized carbons (Fsp3) is 0.231. The standard InChI is InChI=1S/C13H15N3O/c1-16-8-5-11(10-16)4-7-15-13(17)12-3-2-6-14-9-12/h2-3,5-6,8-10H,4,7H2,1H3,(H,15,17). The van der Waals surface area contributed by atoms with Crippen LogP contribution in [0.15, 0.2) is 43.0 Å². The molecule has 0 radical (unpaired) electrons. The van der Waals surface area contributed by atoms with Crippen LogP contribution < -0.4 is 5.32 Å². The van der Waals surface area contributed by atoms with Gasteiger partial charge >= 0.3 is 0 Å². The Balaban J connectivity index is 1.81. The topological polar surface area (TPSA) is 46.9 Å². The Morgan fingerprint density at radius 1 is 1.47 bits per heavy atom. The van der Waals surface area contributed by atoms with Gasteiger partial charge in [-0.2, -0.15) is 0 Å². The van der Waals surface area contributed by atoms with Crippen LogP contribution in [0.2, 0.25) is 0 Å². The van der Waals surface area contributed by atoms with Crippen LogP contribution in [-0.4, -0.2) is 22.0 Å². The van der Waals surface area contributed by atoms with E-state index in [2.05, 4.69) is 22.6 Å². The molecule has 0 aliphatic rings. The maximum Gasteiger partial charge on any atom is 0.252 e. The number of carbonyl (C=O) groups excluding carboxylic acids is 1. The van der Waals surface area contributed by atoms with Gasteiger partial charge in [0.2, 0.25) is 0 Å². The summed E-state index contributed by atoms with van der Waals surface area (Å²) < 4.78 is 2.00. The van der Waals surface area contributed by atoms with Crippen LogP contribution in [0.1, 0.15) is 15.9 Å². The lowest BCUT2D eigenvalue weighted by atomic mass is 10.2. The van der Waals surface area contributed by atoms with E-state index in [9.17, 15) is 4.79 Å². The fourth-order valence-corrected chi connectivity index (χ4v) is 1.63. The molecule has 4 nitrogen and oxygen atoms in total. The molecule has 2 heterocycles. The van der Waals surface area contributed by atoms with Crippen molar-refractivity contribution in [3.8, 4) is 0 Å². The average molecular weight is 229 g/mol. The highest BCUT2D eigenvalue weighted by atomic mass is 16.1. The molecular weight excluding hydrogens is 214 g/mol. The summed E-state index contributed by atoms with van der Waals surface area (Å²) in [7, 11) is 1.98. The largest absolute Gasteiger partial charge is 0.357 e. The van der Waals surface area contributed by atoms with Gasteiger partial charge in [-0.25, -0.2) is 0 Å². The molecular formula is C13H15N3O. The van der Waals surface area contributed by atoms with E-state index in [0.717, 1.165) is 6.42 Å². The highest BCUT2D eigenvalue weighted by Gasteiger charge is 2.03. The maximum absolute atomic E-state index is 11.7. The molecule has 0 atom stereocenters. The van der Waals surface area contributed by atoms with Gasteiger partial charge in [0.1, 0.15) is 0 Å². The first-order valence-corrected chi connectivity index (χ1v) is 5.55. The highest BCUT2D eigenvalue weighted by Crippen LogP contribution is 2.00. The van der Waals surface area contributed by atoms with E-state index in [1.165, 1.54) is 5.56 Å². The summed E-state index contributed by atoms with van der Waals surface area (Å²) in [4.78, 5) is 15.6. The molecule has 1 N–H and O–H groups in total. The third kappa shape index (κ3) is 3.17. The van der Waals surface area contributed by atoms with Crippen LogP contribution in [0, 0.1) is 0 Å². The first-order chi connectivity index (χ1) is 8.25. The first kappa shape index (κ1) is 11.4. The zero-order chi connectivity index (χ0) is 12.1. The summed E-state index contributed by atoms with van der Waals surface area (Å²) >= 11 is 0. The van der Waals surface area contributed by atoms with Gasteiger partial charge in [0.25, 0.3) is 5.91 Å². The van der Waals surface area contributed by atoms with Crippen molar-refractivity contribution >= 4 is 5.91 Å². The zero-order valence-corrected chi connectivity index (χ0v) is 9.76. The predicted molar refractivity (Wildman–Crippen MR) is 65.7 cm³/mol. The van der Waals surface area contributed by atoms with Crippen molar-refractivity contribution in [3.63, 3.8) is 0 Å². The average Bonchev–Trinajstić information content (AvgIpc) is 2.76. The van der Waals surface area contributed by atoms with Gasteiger partial charge in [-0.3, -0.25) is 9.78 Å². The number of nitrogens with zero attached hydrogens (tertiary/aromatic N) is 2. The molecule has 0 saturated carbocycles. The molecule has 1 amide bonds. The second-order valence-corrected chi connectivity index (χ2v) is 3.93. The number of carbonyl (C=O) groups is 1. The molecule has 88 valence electrons. The number of nitrogens with one attached hydrogen (secondary N) is 1. The van der Waals surface area contributed by atoms with E-state index < -0.39 is 0 Å². The van der Waals surface area contributed by atoms with Gasteiger partial charge in [-0.05, 0) is 30.2 Å². The van der Waals surface area contributed by atoms with Crippen LogP contribution in [0.4, 0.5) is 0 Å². The van der Waals surface area contributed by atoms with Crippen molar-refractivity contribution in [3.05, 3.63) is 54.1 Å². The lowest BCUT2D eigenvalue weighted by molar-refractivity contribution is 0.0954. The molecule has 0 saturated heterocycles. The first-order valence-electron chi connectivity index (χ1n) is 5.55. The summed E-state index contributed by atoms with van der Waals surface area (Å²) in [5, 5.41) is 2.87. The van der Waals surface area contributed by atoms with Gasteiger partial charge in [-0.15, -0.1) is 0 Å². The number of aryl methyl sites for hydroxylation is 1. The summed E-state index contributed by atoms with van der Waals surface area (Å²) in [6, 6.07) is 5.56. The fourth-order valence-electron chi connectivity index (χ4n) is 1.63. The van der Waals surface area contributed by atoms with Crippen molar-refractivity contribution < 1.29 is 4.79 Å². The van der Waals surface area contributed by atoms with Crippen LogP contribution in [0.5, 0.6) is 0 Å². The van der Waals surface area contributed by atoms with E-state index in [-0.39, 0.29) is 5.91 Å². The van der Waals surface area contributed by atoms with E-state index in [1.807, 2.05) is 17.8 Å². The minimum Gasteiger partial charge on any atom is -0.357 e. The molecule has 0 spiro atoms. The minimum absolute atomic E-state index is 0.0750. The summed E-state index contributed by atoms with van der Waals surface area (Å²) in [6.07, 6.45) is 8.11. The van der Waals surface area contributed by atoms with Crippen molar-refractivity contribution in [1.29, 1.82) is 0 Å². The van der Waals surface area contributed by atoms with Crippen molar-refractivity contribution in [2.24, 2.45) is 7.05 Å². The van der Waals surface area contributed by atoms with Gasteiger partial charge in [-0.1, -0.05) is 0 Å². The number of hydrogen-bond donors (Lipinski definition) is 1. The van der Waals surface area contributed by atoms with Crippen LogP contribution in [0.25, 0.3) is 0 Å². The molecule has 2 rings (SSSR count). The van der Waals surface area contributed by atoms with Crippen LogP contribution in [0.3, 0.4) is 0 Å². The van der Waals surface area contributed by atoms with Gasteiger partial charge in [0.15, 0.2) is 0 Å². The lowest BCUT2D eigenvalue weighted by Crippen LogP contribution is -2.25. The third-order valence-corrected chi connectivity index (χ3v) is 2.52. The number of rotatable bonds is 4. The second-order valence-electron chi connectivity index (χ2n) is 3.93. The summed E-state index contributed by atoms with van der Waals surface area (Å²) in [5.74, 6) is -0.0750. The lowest BCUT2D eigenvalue weighted by Gasteiger charge is -2.03. The van der Waals surface area contributed by atoms with Gasteiger partial charge in [0.05, 0.1) is 5.56 Å². The van der Waals surface area contributed by atoms with E-state index in [0.29, 0.717) is 12.1 Å². The van der Waals surface area contributed by atoms with E-state index in [1.54, 1.807) is 24.5 Å². The SMILES string of the molecule is Cn1ccc(CCNC(=O)c2cccnc2)c1. The molecule has 4 heteroatoms. The van der Waals surface area contributed by atoms with Gasteiger partial charge in [0, 0.05) is 38.4 Å². The molecule has 0 unspecified atom stereocenters. The van der Waals surface area contributed by atoms with Gasteiger partial charge < -0.3 is 9.88 Å². The van der Waals surface area contributed by atoms with E-state index in [4.69, 9.17) is 0 Å². The Kier molecular flexibility index (Phi) is 3.55. The molecule has 2 aromatic rings. The highest BCUT2D eigenvalue weighted by molar-refractivity contribution is 5.93. The Morgan fingerprint density at radius 3 is 3.00 bits per heavy atom. The summed E-state index contributed by atoms with van der Waals surface area (Å²) in [5.41, 5.74) is 1.82. The monoisotopic (exact) mass is 229 g/mol. The molecule has 0 aliphatic carbocycles. The quantitative estimate of drug-likeness (QED) is 0.861. The molecule has 0 aromatic carbocycles. The smallest absolute Gasteiger partial charge is 0.252 e. The predicted octanol–water partition coefficient (Wildman–Crippen LogP) is 1.39. The number of pyridine rings is 1. The molecule has 0 fully saturated rings. The van der Waals surface area contributed by atoms with Crippen LogP contribution in [-0.2, 0) is 13.5 Å². The molecule has 17 heavy (non-hydrogen) atoms. The summed E-state index contributed by atoms with van der Waals surface area (Å²) in [6.45, 7) is 0.637. The van der Waals surface area contributed by atoms with Crippen LogP contribution >= 0.6 is 0 Å². The van der Waals surface area contributed by atoms with Crippen molar-refractivity contribution in [2.75, 3.05) is 6.54 Å². The van der Waals surface area contributed by atoms with Crippen molar-refractivity contribution in [2.45, 2.75) is 6.42 Å². The Hall–Kier alpha value is -2.10. The maximum atomic E-state index is 11.7. The molecule has 0 bridgehead atoms. The number of amides is 1. The minimum atomic E-state index is -0.0750. The Labute approximate surface area is 100 Å². The number of aromatic nitrogens is 2. The molecule has 2 aromatic heterocycles. The Morgan fingerprint density at radius 2 is 2.35 bits per heavy atom.